The van der Waals surface area contributed by atoms with Crippen LogP contribution < -0.4 is 0 Å². The Kier molecular flexibility index (Phi) is 4.58. The van der Waals surface area contributed by atoms with Gasteiger partial charge in [-0.15, -0.1) is 12.6 Å². The predicted molar refractivity (Wildman–Crippen MR) is 55.8 cm³/mol. The molecular formula is C10H11FO3S. The van der Waals surface area contributed by atoms with Crippen molar-refractivity contribution in [1.82, 2.24) is 0 Å². The third-order valence-corrected chi connectivity index (χ3v) is 2.05. The molecule has 0 fully saturated rings. The number of halogens is 1. The zero-order valence-corrected chi connectivity index (χ0v) is 9.09. The highest BCUT2D eigenvalue weighted by molar-refractivity contribution is 7.80. The standard InChI is InChI=1S/C10H11FO3S/c1-13-4-5-14-10(12)7-2-3-8(11)9(15)6-7/h2-3,6,15H,4-5H2,1H3. The Morgan fingerprint density at radius 2 is 2.20 bits per heavy atom. The van der Waals surface area contributed by atoms with Gasteiger partial charge in [0.2, 0.25) is 0 Å². The predicted octanol–water partition coefficient (Wildman–Crippen LogP) is 1.92. The quantitative estimate of drug-likeness (QED) is 0.487. The Balaban J connectivity index is 2.62. The highest BCUT2D eigenvalue weighted by Crippen LogP contribution is 2.14. The molecule has 5 heteroatoms. The van der Waals surface area contributed by atoms with Gasteiger partial charge in [0.15, 0.2) is 0 Å². The first-order chi connectivity index (χ1) is 7.15. The first-order valence-electron chi connectivity index (χ1n) is 4.29. The van der Waals surface area contributed by atoms with E-state index in [9.17, 15) is 9.18 Å². The van der Waals surface area contributed by atoms with Crippen LogP contribution in [0.5, 0.6) is 0 Å². The van der Waals surface area contributed by atoms with Crippen LogP contribution in [0.2, 0.25) is 0 Å². The molecule has 0 aliphatic rings. The van der Waals surface area contributed by atoms with E-state index in [4.69, 9.17) is 9.47 Å². The molecule has 0 amide bonds. The van der Waals surface area contributed by atoms with E-state index in [1.54, 1.807) is 0 Å². The summed E-state index contributed by atoms with van der Waals surface area (Å²) in [4.78, 5) is 11.5. The van der Waals surface area contributed by atoms with Crippen molar-refractivity contribution >= 4 is 18.6 Å². The maximum Gasteiger partial charge on any atom is 0.338 e. The summed E-state index contributed by atoms with van der Waals surface area (Å²) in [6.07, 6.45) is 0. The molecule has 0 heterocycles. The minimum absolute atomic E-state index is 0.121. The van der Waals surface area contributed by atoms with Crippen molar-refractivity contribution in [2.45, 2.75) is 4.90 Å². The molecule has 82 valence electrons. The van der Waals surface area contributed by atoms with E-state index in [0.717, 1.165) is 0 Å². The average Bonchev–Trinajstić information content (AvgIpc) is 2.22. The number of carbonyl (C=O) groups excluding carboxylic acids is 1. The van der Waals surface area contributed by atoms with Gasteiger partial charge >= 0.3 is 5.97 Å². The van der Waals surface area contributed by atoms with E-state index >= 15 is 0 Å². The number of hydrogen-bond acceptors (Lipinski definition) is 4. The number of methoxy groups -OCH3 is 1. The molecule has 1 aromatic rings. The Bertz CT molecular complexity index is 355. The van der Waals surface area contributed by atoms with Crippen LogP contribution in [-0.2, 0) is 9.47 Å². The molecule has 0 aromatic heterocycles. The van der Waals surface area contributed by atoms with Gasteiger partial charge < -0.3 is 9.47 Å². The van der Waals surface area contributed by atoms with Gasteiger partial charge in [-0.25, -0.2) is 9.18 Å². The summed E-state index contributed by atoms with van der Waals surface area (Å²) in [5, 5.41) is 0. The lowest BCUT2D eigenvalue weighted by molar-refractivity contribution is 0.0388. The lowest BCUT2D eigenvalue weighted by atomic mass is 10.2. The summed E-state index contributed by atoms with van der Waals surface area (Å²) in [6, 6.07) is 3.85. The van der Waals surface area contributed by atoms with Gasteiger partial charge in [-0.05, 0) is 18.2 Å². The van der Waals surface area contributed by atoms with Crippen molar-refractivity contribution in [2.24, 2.45) is 0 Å². The first-order valence-corrected chi connectivity index (χ1v) is 4.74. The van der Waals surface area contributed by atoms with Gasteiger partial charge in [-0.1, -0.05) is 0 Å². The van der Waals surface area contributed by atoms with Crippen LogP contribution in [0.4, 0.5) is 4.39 Å². The maximum atomic E-state index is 12.8. The fourth-order valence-corrected chi connectivity index (χ4v) is 1.15. The Morgan fingerprint density at radius 1 is 1.47 bits per heavy atom. The molecule has 1 rings (SSSR count). The molecular weight excluding hydrogens is 219 g/mol. The number of benzene rings is 1. The molecule has 0 saturated carbocycles. The lowest BCUT2D eigenvalue weighted by Gasteiger charge is -2.04. The monoisotopic (exact) mass is 230 g/mol. The SMILES string of the molecule is COCCOC(=O)c1ccc(F)c(S)c1. The lowest BCUT2D eigenvalue weighted by Crippen LogP contribution is -2.10. The minimum atomic E-state index is -0.512. The second-order valence-corrected chi connectivity index (χ2v) is 3.28. The van der Waals surface area contributed by atoms with E-state index in [1.807, 2.05) is 0 Å². The van der Waals surface area contributed by atoms with Crippen LogP contribution >= 0.6 is 12.6 Å². The summed E-state index contributed by atoms with van der Waals surface area (Å²) in [5.74, 6) is -0.978. The molecule has 3 nitrogen and oxygen atoms in total. The number of hydrogen-bond donors (Lipinski definition) is 1. The second-order valence-electron chi connectivity index (χ2n) is 2.79. The second kappa shape index (κ2) is 5.72. The normalized spacial score (nSPS) is 10.1. The molecule has 1 aromatic carbocycles. The highest BCUT2D eigenvalue weighted by atomic mass is 32.1. The summed E-state index contributed by atoms with van der Waals surface area (Å²) in [7, 11) is 1.51. The molecule has 0 unspecified atom stereocenters. The topological polar surface area (TPSA) is 35.5 Å². The molecule has 15 heavy (non-hydrogen) atoms. The van der Waals surface area contributed by atoms with Gasteiger partial charge in [0, 0.05) is 12.0 Å². The van der Waals surface area contributed by atoms with Crippen LogP contribution in [-0.4, -0.2) is 26.3 Å². The van der Waals surface area contributed by atoms with E-state index in [2.05, 4.69) is 12.6 Å². The third kappa shape index (κ3) is 3.53. The molecule has 0 spiro atoms. The van der Waals surface area contributed by atoms with Crippen molar-refractivity contribution in [3.05, 3.63) is 29.6 Å². The smallest absolute Gasteiger partial charge is 0.338 e. The van der Waals surface area contributed by atoms with Crippen molar-refractivity contribution in [2.75, 3.05) is 20.3 Å². The fourth-order valence-electron chi connectivity index (χ4n) is 0.941. The number of carbonyl (C=O) groups is 1. The van der Waals surface area contributed by atoms with Crippen molar-refractivity contribution in [3.63, 3.8) is 0 Å². The summed E-state index contributed by atoms with van der Waals surface area (Å²) in [5.41, 5.74) is 0.275. The minimum Gasteiger partial charge on any atom is -0.460 e. The van der Waals surface area contributed by atoms with E-state index in [1.165, 1.54) is 25.3 Å². The fraction of sp³-hybridized carbons (Fsp3) is 0.300. The van der Waals surface area contributed by atoms with Gasteiger partial charge in [0.25, 0.3) is 0 Å². The van der Waals surface area contributed by atoms with E-state index in [-0.39, 0.29) is 17.1 Å². The van der Waals surface area contributed by atoms with Crippen LogP contribution in [0.25, 0.3) is 0 Å². The Hall–Kier alpha value is -1.07. The van der Waals surface area contributed by atoms with Gasteiger partial charge in [0.1, 0.15) is 12.4 Å². The number of rotatable bonds is 4. The summed E-state index contributed by atoms with van der Waals surface area (Å²) in [6.45, 7) is 0.509. The summed E-state index contributed by atoms with van der Waals surface area (Å²) < 4.78 is 22.4. The molecule has 0 N–H and O–H groups in total. The zero-order chi connectivity index (χ0) is 11.3. The van der Waals surface area contributed by atoms with Crippen LogP contribution in [0, 0.1) is 5.82 Å². The largest absolute Gasteiger partial charge is 0.460 e. The van der Waals surface area contributed by atoms with E-state index < -0.39 is 11.8 Å². The molecule has 0 aliphatic carbocycles. The number of ether oxygens (including phenoxy) is 2. The number of esters is 1. The average molecular weight is 230 g/mol. The number of thiol groups is 1. The maximum absolute atomic E-state index is 12.8. The van der Waals surface area contributed by atoms with Gasteiger partial charge in [-0.2, -0.15) is 0 Å². The van der Waals surface area contributed by atoms with Crippen LogP contribution in [0.1, 0.15) is 10.4 Å². The molecule has 0 saturated heterocycles. The molecule has 0 bridgehead atoms. The van der Waals surface area contributed by atoms with Crippen molar-refractivity contribution in [1.29, 1.82) is 0 Å². The van der Waals surface area contributed by atoms with Crippen LogP contribution in [0.3, 0.4) is 0 Å². The zero-order valence-electron chi connectivity index (χ0n) is 8.20. The Labute approximate surface area is 92.6 Å². The van der Waals surface area contributed by atoms with Crippen LogP contribution in [0.15, 0.2) is 23.1 Å². The molecule has 0 atom stereocenters. The van der Waals surface area contributed by atoms with Gasteiger partial charge in [-0.3, -0.25) is 0 Å². The van der Waals surface area contributed by atoms with Crippen molar-refractivity contribution in [3.8, 4) is 0 Å². The van der Waals surface area contributed by atoms with E-state index in [0.29, 0.717) is 6.61 Å². The van der Waals surface area contributed by atoms with Crippen molar-refractivity contribution < 1.29 is 18.7 Å². The molecule has 0 radical (unpaired) electrons. The summed E-state index contributed by atoms with van der Waals surface area (Å²) >= 11 is 3.86. The third-order valence-electron chi connectivity index (χ3n) is 1.70. The van der Waals surface area contributed by atoms with Gasteiger partial charge in [0.05, 0.1) is 12.2 Å². The Morgan fingerprint density at radius 3 is 2.80 bits per heavy atom. The first kappa shape index (κ1) is 12.0. The molecule has 0 aliphatic heterocycles. The highest BCUT2D eigenvalue weighted by Gasteiger charge is 2.08.